The van der Waals surface area contributed by atoms with Crippen LogP contribution in [0.5, 0.6) is 0 Å². The molecule has 1 aromatic carbocycles. The Labute approximate surface area is 107 Å². The summed E-state index contributed by atoms with van der Waals surface area (Å²) in [4.78, 5) is 0. The molecule has 1 aromatic heterocycles. The normalized spacial score (nSPS) is 19.0. The topological polar surface area (TPSA) is 52.7 Å². The maximum Gasteiger partial charge on any atom is 0.0650 e. The van der Waals surface area contributed by atoms with Crippen molar-refractivity contribution in [2.45, 2.75) is 18.9 Å². The average molecular weight is 242 g/mol. The van der Waals surface area contributed by atoms with Crippen molar-refractivity contribution < 1.29 is 0 Å². The van der Waals surface area contributed by atoms with Crippen LogP contribution in [-0.4, -0.2) is 29.3 Å². The Balaban J connectivity index is 1.60. The molecule has 3 rings (SSSR count). The molecule has 4 nitrogen and oxygen atoms in total. The SMILES string of the molecule is c1cc(-c2ccc(NCC3CCCN3)cc2)[nH]n1. The number of nitrogens with one attached hydrogen (secondary N) is 3. The molecular weight excluding hydrogens is 224 g/mol. The van der Waals surface area contributed by atoms with Gasteiger partial charge in [0.25, 0.3) is 0 Å². The number of hydrogen-bond acceptors (Lipinski definition) is 3. The van der Waals surface area contributed by atoms with Gasteiger partial charge in [-0.15, -0.1) is 0 Å². The molecule has 1 aliphatic heterocycles. The second-order valence-corrected chi connectivity index (χ2v) is 4.72. The fourth-order valence-corrected chi connectivity index (χ4v) is 2.36. The van der Waals surface area contributed by atoms with E-state index >= 15 is 0 Å². The first-order valence-electron chi connectivity index (χ1n) is 6.49. The summed E-state index contributed by atoms with van der Waals surface area (Å²) in [6.07, 6.45) is 4.34. The van der Waals surface area contributed by atoms with E-state index in [0.717, 1.165) is 24.3 Å². The Morgan fingerprint density at radius 3 is 2.78 bits per heavy atom. The number of benzene rings is 1. The molecule has 0 aliphatic carbocycles. The molecule has 4 heteroatoms. The van der Waals surface area contributed by atoms with Gasteiger partial charge in [-0.1, -0.05) is 12.1 Å². The van der Waals surface area contributed by atoms with E-state index in [-0.39, 0.29) is 0 Å². The van der Waals surface area contributed by atoms with E-state index in [9.17, 15) is 0 Å². The Morgan fingerprint density at radius 1 is 1.22 bits per heavy atom. The van der Waals surface area contributed by atoms with Crippen molar-refractivity contribution in [3.05, 3.63) is 36.5 Å². The van der Waals surface area contributed by atoms with Crippen LogP contribution in [0, 0.1) is 0 Å². The van der Waals surface area contributed by atoms with Crippen molar-refractivity contribution >= 4 is 5.69 Å². The summed E-state index contributed by atoms with van der Waals surface area (Å²) in [5, 5.41) is 13.9. The molecule has 1 fully saturated rings. The number of aromatic amines is 1. The standard InChI is InChI=1S/C14H18N4/c1-2-13(15-8-1)10-16-12-5-3-11(4-6-12)14-7-9-17-18-14/h3-7,9,13,15-16H,1-2,8,10H2,(H,17,18). The first kappa shape index (κ1) is 11.3. The molecule has 1 unspecified atom stereocenters. The van der Waals surface area contributed by atoms with Gasteiger partial charge < -0.3 is 10.6 Å². The third-order valence-electron chi connectivity index (χ3n) is 3.41. The fourth-order valence-electron chi connectivity index (χ4n) is 2.36. The Kier molecular flexibility index (Phi) is 3.28. The third kappa shape index (κ3) is 2.54. The van der Waals surface area contributed by atoms with E-state index in [1.165, 1.54) is 18.5 Å². The molecule has 0 radical (unpaired) electrons. The van der Waals surface area contributed by atoms with Crippen LogP contribution >= 0.6 is 0 Å². The second-order valence-electron chi connectivity index (χ2n) is 4.72. The lowest BCUT2D eigenvalue weighted by molar-refractivity contribution is 0.633. The van der Waals surface area contributed by atoms with Crippen molar-refractivity contribution in [2.75, 3.05) is 18.4 Å². The van der Waals surface area contributed by atoms with Crippen LogP contribution in [0.4, 0.5) is 5.69 Å². The largest absolute Gasteiger partial charge is 0.383 e. The molecule has 0 amide bonds. The molecule has 2 aromatic rings. The predicted molar refractivity (Wildman–Crippen MR) is 73.5 cm³/mol. The van der Waals surface area contributed by atoms with Crippen molar-refractivity contribution in [1.82, 2.24) is 15.5 Å². The molecule has 0 bridgehead atoms. The molecule has 2 heterocycles. The van der Waals surface area contributed by atoms with Crippen molar-refractivity contribution in [3.63, 3.8) is 0 Å². The van der Waals surface area contributed by atoms with Gasteiger partial charge in [0.1, 0.15) is 0 Å². The highest BCUT2D eigenvalue weighted by Crippen LogP contribution is 2.19. The van der Waals surface area contributed by atoms with Gasteiger partial charge in [0.15, 0.2) is 0 Å². The van der Waals surface area contributed by atoms with Crippen LogP contribution in [-0.2, 0) is 0 Å². The monoisotopic (exact) mass is 242 g/mol. The van der Waals surface area contributed by atoms with Gasteiger partial charge in [-0.2, -0.15) is 5.10 Å². The van der Waals surface area contributed by atoms with Crippen LogP contribution in [0.2, 0.25) is 0 Å². The number of aromatic nitrogens is 2. The number of rotatable bonds is 4. The Hall–Kier alpha value is -1.81. The van der Waals surface area contributed by atoms with Crippen LogP contribution in [0.25, 0.3) is 11.3 Å². The van der Waals surface area contributed by atoms with E-state index in [0.29, 0.717) is 6.04 Å². The summed E-state index contributed by atoms with van der Waals surface area (Å²) in [6.45, 7) is 2.16. The quantitative estimate of drug-likeness (QED) is 0.770. The minimum absolute atomic E-state index is 0.622. The van der Waals surface area contributed by atoms with E-state index in [1.807, 2.05) is 6.07 Å². The lowest BCUT2D eigenvalue weighted by Crippen LogP contribution is -2.29. The minimum Gasteiger partial charge on any atom is -0.383 e. The average Bonchev–Trinajstić information content (AvgIpc) is 3.10. The molecule has 1 atom stereocenters. The molecule has 94 valence electrons. The van der Waals surface area contributed by atoms with E-state index in [2.05, 4.69) is 45.1 Å². The van der Waals surface area contributed by atoms with Gasteiger partial charge in [0.2, 0.25) is 0 Å². The first-order valence-corrected chi connectivity index (χ1v) is 6.49. The summed E-state index contributed by atoms with van der Waals surface area (Å²) in [7, 11) is 0. The van der Waals surface area contributed by atoms with E-state index in [1.54, 1.807) is 6.20 Å². The van der Waals surface area contributed by atoms with Gasteiger partial charge in [-0.3, -0.25) is 5.10 Å². The lowest BCUT2D eigenvalue weighted by atomic mass is 10.1. The Morgan fingerprint density at radius 2 is 2.11 bits per heavy atom. The van der Waals surface area contributed by atoms with Gasteiger partial charge in [0.05, 0.1) is 5.69 Å². The summed E-state index contributed by atoms with van der Waals surface area (Å²) in [5.74, 6) is 0. The zero-order valence-electron chi connectivity index (χ0n) is 10.3. The highest BCUT2D eigenvalue weighted by molar-refractivity contribution is 5.62. The van der Waals surface area contributed by atoms with Crippen LogP contribution in [0.3, 0.4) is 0 Å². The molecule has 0 saturated carbocycles. The molecule has 18 heavy (non-hydrogen) atoms. The summed E-state index contributed by atoms with van der Waals surface area (Å²) < 4.78 is 0. The molecule has 0 spiro atoms. The summed E-state index contributed by atoms with van der Waals surface area (Å²) >= 11 is 0. The van der Waals surface area contributed by atoms with Gasteiger partial charge in [-0.05, 0) is 43.1 Å². The zero-order chi connectivity index (χ0) is 12.2. The smallest absolute Gasteiger partial charge is 0.0650 e. The Bertz CT molecular complexity index is 469. The minimum atomic E-state index is 0.622. The second kappa shape index (κ2) is 5.23. The number of nitrogens with zero attached hydrogens (tertiary/aromatic N) is 1. The van der Waals surface area contributed by atoms with Crippen molar-refractivity contribution in [1.29, 1.82) is 0 Å². The van der Waals surface area contributed by atoms with Crippen LogP contribution in [0.1, 0.15) is 12.8 Å². The maximum atomic E-state index is 3.96. The fraction of sp³-hybridized carbons (Fsp3) is 0.357. The molecule has 1 aliphatic rings. The number of hydrogen-bond donors (Lipinski definition) is 3. The lowest BCUT2D eigenvalue weighted by Gasteiger charge is -2.12. The van der Waals surface area contributed by atoms with E-state index < -0.39 is 0 Å². The van der Waals surface area contributed by atoms with Crippen molar-refractivity contribution in [3.8, 4) is 11.3 Å². The van der Waals surface area contributed by atoms with Crippen molar-refractivity contribution in [2.24, 2.45) is 0 Å². The van der Waals surface area contributed by atoms with Gasteiger partial charge in [-0.25, -0.2) is 0 Å². The first-order chi connectivity index (χ1) is 8.92. The van der Waals surface area contributed by atoms with Gasteiger partial charge in [0, 0.05) is 24.5 Å². The van der Waals surface area contributed by atoms with Gasteiger partial charge >= 0.3 is 0 Å². The maximum absolute atomic E-state index is 3.96. The molecule has 1 saturated heterocycles. The predicted octanol–water partition coefficient (Wildman–Crippen LogP) is 2.24. The van der Waals surface area contributed by atoms with Crippen LogP contribution in [0.15, 0.2) is 36.5 Å². The highest BCUT2D eigenvalue weighted by atomic mass is 15.1. The number of anilines is 1. The third-order valence-corrected chi connectivity index (χ3v) is 3.41. The number of H-pyrrole nitrogens is 1. The zero-order valence-corrected chi connectivity index (χ0v) is 10.3. The highest BCUT2D eigenvalue weighted by Gasteiger charge is 2.12. The summed E-state index contributed by atoms with van der Waals surface area (Å²) in [5.41, 5.74) is 3.39. The molecular formula is C14H18N4. The van der Waals surface area contributed by atoms with Crippen LogP contribution < -0.4 is 10.6 Å². The summed E-state index contributed by atoms with van der Waals surface area (Å²) in [6, 6.07) is 11.1. The molecule has 3 N–H and O–H groups in total. The van der Waals surface area contributed by atoms with E-state index in [4.69, 9.17) is 0 Å².